The molecule has 0 aliphatic heterocycles. The zero-order valence-corrected chi connectivity index (χ0v) is 30.2. The van der Waals surface area contributed by atoms with E-state index in [4.69, 9.17) is 0 Å². The van der Waals surface area contributed by atoms with Crippen molar-refractivity contribution in [3.8, 4) is 0 Å². The summed E-state index contributed by atoms with van der Waals surface area (Å²) in [7, 11) is 1.48. The molecule has 0 rings (SSSR count). The van der Waals surface area contributed by atoms with Gasteiger partial charge in [0.2, 0.25) is 0 Å². The van der Waals surface area contributed by atoms with Crippen molar-refractivity contribution in [1.29, 1.82) is 0 Å². The van der Waals surface area contributed by atoms with Gasteiger partial charge in [-0.25, -0.2) is 0 Å². The van der Waals surface area contributed by atoms with Crippen LogP contribution in [0.15, 0.2) is 0 Å². The fraction of sp³-hybridized carbons (Fsp3) is 0.976. The van der Waals surface area contributed by atoms with Crippen LogP contribution in [0.3, 0.4) is 0 Å². The third kappa shape index (κ3) is 39.4. The Morgan fingerprint density at radius 3 is 0.628 bits per heavy atom. The lowest BCUT2D eigenvalue weighted by Gasteiger charge is -2.05. The summed E-state index contributed by atoms with van der Waals surface area (Å²) >= 11 is 0. The van der Waals surface area contributed by atoms with Gasteiger partial charge in [0.15, 0.2) is 0 Å². The molecule has 43 heavy (non-hydrogen) atoms. The summed E-state index contributed by atoms with van der Waals surface area (Å²) in [6.45, 7) is 2.31. The number of rotatable bonds is 38. The lowest BCUT2D eigenvalue weighted by atomic mass is 10.0. The maximum absolute atomic E-state index is 11.1. The second-order valence-corrected chi connectivity index (χ2v) is 14.1. The Morgan fingerprint density at radius 1 is 0.302 bits per heavy atom. The largest absolute Gasteiger partial charge is 0.469 e. The molecule has 0 aromatic rings. The van der Waals surface area contributed by atoms with Crippen LogP contribution in [0.25, 0.3) is 0 Å². The van der Waals surface area contributed by atoms with Crippen molar-refractivity contribution in [1.82, 2.24) is 0 Å². The normalized spacial score (nSPS) is 11.4. The third-order valence-corrected chi connectivity index (χ3v) is 9.71. The summed E-state index contributed by atoms with van der Waals surface area (Å²) in [6.07, 6.45) is 53.7. The van der Waals surface area contributed by atoms with Gasteiger partial charge in [0.1, 0.15) is 0 Å². The molecule has 0 heterocycles. The molecule has 0 aromatic heterocycles. The average Bonchev–Trinajstić information content (AvgIpc) is 3.02. The van der Waals surface area contributed by atoms with Crippen LogP contribution in [0.4, 0.5) is 0 Å². The van der Waals surface area contributed by atoms with Crippen LogP contribution in [0.2, 0.25) is 0 Å². The third-order valence-electron chi connectivity index (χ3n) is 9.71. The lowest BCUT2D eigenvalue weighted by Crippen LogP contribution is -1.99. The molecule has 0 amide bonds. The zero-order chi connectivity index (χ0) is 31.2. The van der Waals surface area contributed by atoms with Gasteiger partial charge in [0.25, 0.3) is 0 Å². The molecule has 0 aromatic carbocycles. The van der Waals surface area contributed by atoms with Crippen LogP contribution in [0.5, 0.6) is 0 Å². The molecule has 2 heteroatoms. The molecule has 0 fully saturated rings. The van der Waals surface area contributed by atoms with E-state index in [0.717, 1.165) is 6.42 Å². The molecular weight excluding hydrogens is 524 g/mol. The van der Waals surface area contributed by atoms with Gasteiger partial charge in [-0.3, -0.25) is 4.79 Å². The van der Waals surface area contributed by atoms with Crippen molar-refractivity contribution < 1.29 is 9.53 Å². The van der Waals surface area contributed by atoms with Gasteiger partial charge >= 0.3 is 5.97 Å². The predicted molar refractivity (Wildman–Crippen MR) is 193 cm³/mol. The SMILES string of the molecule is CCCCCCCCCCCCCCCCCCCCCCCCCCCCCCCCCCCCCCCC(=O)OC. The maximum atomic E-state index is 11.1. The summed E-state index contributed by atoms with van der Waals surface area (Å²) in [5.74, 6) is -0.0590. The van der Waals surface area contributed by atoms with E-state index in [0.29, 0.717) is 6.42 Å². The molecular formula is C41H82O2. The molecule has 0 saturated heterocycles. The number of ether oxygens (including phenoxy) is 1. The van der Waals surface area contributed by atoms with E-state index in [1.807, 2.05) is 0 Å². The lowest BCUT2D eigenvalue weighted by molar-refractivity contribution is -0.140. The van der Waals surface area contributed by atoms with E-state index in [-0.39, 0.29) is 5.97 Å². The highest BCUT2D eigenvalue weighted by Crippen LogP contribution is 2.17. The number of hydrogen-bond acceptors (Lipinski definition) is 2. The fourth-order valence-electron chi connectivity index (χ4n) is 6.63. The number of methoxy groups -OCH3 is 1. The molecule has 0 aliphatic rings. The molecule has 0 bridgehead atoms. The highest BCUT2D eigenvalue weighted by molar-refractivity contribution is 5.68. The monoisotopic (exact) mass is 607 g/mol. The Labute approximate surface area is 273 Å². The number of unbranched alkanes of at least 4 members (excludes halogenated alkanes) is 36. The van der Waals surface area contributed by atoms with Crippen LogP contribution < -0.4 is 0 Å². The zero-order valence-electron chi connectivity index (χ0n) is 30.2. The predicted octanol–water partition coefficient (Wildman–Crippen LogP) is 15.0. The second-order valence-electron chi connectivity index (χ2n) is 14.1. The van der Waals surface area contributed by atoms with Crippen LogP contribution in [-0.2, 0) is 9.53 Å². The average molecular weight is 607 g/mol. The minimum absolute atomic E-state index is 0.0590. The molecule has 0 spiro atoms. The van der Waals surface area contributed by atoms with Gasteiger partial charge in [0, 0.05) is 6.42 Å². The van der Waals surface area contributed by atoms with Crippen LogP contribution in [0, 0.1) is 0 Å². The van der Waals surface area contributed by atoms with Crippen molar-refractivity contribution in [2.45, 2.75) is 251 Å². The quantitative estimate of drug-likeness (QED) is 0.0516. The van der Waals surface area contributed by atoms with Crippen LogP contribution in [-0.4, -0.2) is 13.1 Å². The van der Waals surface area contributed by atoms with E-state index >= 15 is 0 Å². The van der Waals surface area contributed by atoms with Crippen molar-refractivity contribution >= 4 is 5.97 Å². The van der Waals surface area contributed by atoms with E-state index in [2.05, 4.69) is 11.7 Å². The molecule has 0 radical (unpaired) electrons. The molecule has 258 valence electrons. The smallest absolute Gasteiger partial charge is 0.305 e. The van der Waals surface area contributed by atoms with Gasteiger partial charge in [-0.1, -0.05) is 238 Å². The molecule has 0 N–H and O–H groups in total. The van der Waals surface area contributed by atoms with E-state index in [1.165, 1.54) is 238 Å². The summed E-state index contributed by atoms with van der Waals surface area (Å²) in [4.78, 5) is 11.1. The summed E-state index contributed by atoms with van der Waals surface area (Å²) < 4.78 is 4.69. The summed E-state index contributed by atoms with van der Waals surface area (Å²) in [6, 6.07) is 0. The number of esters is 1. The Balaban J connectivity index is 3.04. The highest BCUT2D eigenvalue weighted by Gasteiger charge is 2.00. The number of hydrogen-bond donors (Lipinski definition) is 0. The van der Waals surface area contributed by atoms with Crippen molar-refractivity contribution in [2.24, 2.45) is 0 Å². The summed E-state index contributed by atoms with van der Waals surface area (Å²) in [5.41, 5.74) is 0. The summed E-state index contributed by atoms with van der Waals surface area (Å²) in [5, 5.41) is 0. The molecule has 0 atom stereocenters. The first kappa shape index (κ1) is 42.5. The molecule has 0 saturated carbocycles. The fourth-order valence-corrected chi connectivity index (χ4v) is 6.63. The van der Waals surface area contributed by atoms with E-state index in [9.17, 15) is 4.79 Å². The number of carbonyl (C=O) groups excluding carboxylic acids is 1. The number of carbonyl (C=O) groups is 1. The topological polar surface area (TPSA) is 26.3 Å². The standard InChI is InChI=1S/C41H82O2/c1-3-4-5-6-7-8-9-10-11-12-13-14-15-16-17-18-19-20-21-22-23-24-25-26-27-28-29-30-31-32-33-34-35-36-37-38-39-40-41(42)43-2/h3-40H2,1-2H3. The second kappa shape index (κ2) is 39.5. The molecule has 0 unspecified atom stereocenters. The van der Waals surface area contributed by atoms with Gasteiger partial charge in [0.05, 0.1) is 7.11 Å². The van der Waals surface area contributed by atoms with Crippen molar-refractivity contribution in [2.75, 3.05) is 7.11 Å². The Hall–Kier alpha value is -0.530. The van der Waals surface area contributed by atoms with Crippen LogP contribution >= 0.6 is 0 Å². The van der Waals surface area contributed by atoms with E-state index in [1.54, 1.807) is 0 Å². The van der Waals surface area contributed by atoms with Gasteiger partial charge in [-0.15, -0.1) is 0 Å². The van der Waals surface area contributed by atoms with Gasteiger partial charge in [-0.2, -0.15) is 0 Å². The maximum Gasteiger partial charge on any atom is 0.305 e. The minimum Gasteiger partial charge on any atom is -0.469 e. The molecule has 2 nitrogen and oxygen atoms in total. The highest BCUT2D eigenvalue weighted by atomic mass is 16.5. The van der Waals surface area contributed by atoms with Gasteiger partial charge in [-0.05, 0) is 6.42 Å². The first-order valence-corrected chi connectivity index (χ1v) is 20.4. The Bertz CT molecular complexity index is 502. The Kier molecular flexibility index (Phi) is 39.0. The van der Waals surface area contributed by atoms with Crippen molar-refractivity contribution in [3.05, 3.63) is 0 Å². The minimum atomic E-state index is -0.0590. The first-order valence-electron chi connectivity index (χ1n) is 20.4. The Morgan fingerprint density at radius 2 is 0.465 bits per heavy atom. The molecule has 0 aliphatic carbocycles. The van der Waals surface area contributed by atoms with E-state index < -0.39 is 0 Å². The van der Waals surface area contributed by atoms with Crippen LogP contribution in [0.1, 0.15) is 251 Å². The first-order chi connectivity index (χ1) is 21.3. The van der Waals surface area contributed by atoms with Crippen molar-refractivity contribution in [3.63, 3.8) is 0 Å². The van der Waals surface area contributed by atoms with Gasteiger partial charge < -0.3 is 4.74 Å².